The molecule has 4 nitrogen and oxygen atoms in total. The molecule has 0 unspecified atom stereocenters. The summed E-state index contributed by atoms with van der Waals surface area (Å²) in [6, 6.07) is 8.90. The van der Waals surface area contributed by atoms with Crippen LogP contribution in [0.3, 0.4) is 0 Å². The van der Waals surface area contributed by atoms with Gasteiger partial charge >= 0.3 is 0 Å². The molecule has 4 heteroatoms. The summed E-state index contributed by atoms with van der Waals surface area (Å²) in [6.45, 7) is 3.73. The van der Waals surface area contributed by atoms with E-state index in [9.17, 15) is 4.79 Å². The SMILES string of the molecule is Cc1ccc(N)cc1C(=O)Nc1cccnc1C. The van der Waals surface area contributed by atoms with E-state index < -0.39 is 0 Å². The van der Waals surface area contributed by atoms with Crippen LogP contribution in [-0.2, 0) is 0 Å². The van der Waals surface area contributed by atoms with E-state index in [0.717, 1.165) is 11.3 Å². The van der Waals surface area contributed by atoms with E-state index in [2.05, 4.69) is 10.3 Å². The van der Waals surface area contributed by atoms with E-state index >= 15 is 0 Å². The molecule has 0 bridgehead atoms. The number of carbonyl (C=O) groups excluding carboxylic acids is 1. The first kappa shape index (κ1) is 12.1. The van der Waals surface area contributed by atoms with Crippen molar-refractivity contribution in [3.8, 4) is 0 Å². The van der Waals surface area contributed by atoms with Crippen molar-refractivity contribution in [3.05, 3.63) is 53.3 Å². The highest BCUT2D eigenvalue weighted by Crippen LogP contribution is 2.16. The molecular formula is C14H15N3O. The van der Waals surface area contributed by atoms with E-state index in [4.69, 9.17) is 5.73 Å². The van der Waals surface area contributed by atoms with E-state index in [1.54, 1.807) is 24.4 Å². The minimum atomic E-state index is -0.170. The molecule has 0 spiro atoms. The first-order valence-corrected chi connectivity index (χ1v) is 5.67. The Bertz CT molecular complexity index is 593. The van der Waals surface area contributed by atoms with Gasteiger partial charge in [-0.05, 0) is 43.7 Å². The van der Waals surface area contributed by atoms with Gasteiger partial charge < -0.3 is 11.1 Å². The summed E-state index contributed by atoms with van der Waals surface area (Å²) in [4.78, 5) is 16.3. The number of aryl methyl sites for hydroxylation is 2. The molecule has 0 aliphatic carbocycles. The second-order valence-electron chi connectivity index (χ2n) is 4.16. The Morgan fingerprint density at radius 2 is 2.06 bits per heavy atom. The third kappa shape index (κ3) is 2.48. The number of pyridine rings is 1. The second-order valence-corrected chi connectivity index (χ2v) is 4.16. The number of rotatable bonds is 2. The van der Waals surface area contributed by atoms with Crippen LogP contribution >= 0.6 is 0 Å². The van der Waals surface area contributed by atoms with Gasteiger partial charge in [0, 0.05) is 17.4 Å². The molecule has 92 valence electrons. The molecule has 1 heterocycles. The highest BCUT2D eigenvalue weighted by Gasteiger charge is 2.10. The molecule has 0 saturated carbocycles. The lowest BCUT2D eigenvalue weighted by molar-refractivity contribution is 0.102. The smallest absolute Gasteiger partial charge is 0.256 e. The van der Waals surface area contributed by atoms with Crippen LogP contribution < -0.4 is 11.1 Å². The number of carbonyl (C=O) groups is 1. The number of anilines is 2. The molecule has 0 radical (unpaired) electrons. The van der Waals surface area contributed by atoms with Gasteiger partial charge in [0.2, 0.25) is 0 Å². The van der Waals surface area contributed by atoms with Crippen LogP contribution in [0.25, 0.3) is 0 Å². The number of hydrogen-bond acceptors (Lipinski definition) is 3. The average molecular weight is 241 g/mol. The van der Waals surface area contributed by atoms with Gasteiger partial charge in [0.25, 0.3) is 5.91 Å². The van der Waals surface area contributed by atoms with Crippen molar-refractivity contribution in [1.82, 2.24) is 4.98 Å². The maximum Gasteiger partial charge on any atom is 0.256 e. The van der Waals surface area contributed by atoms with Crippen LogP contribution in [0, 0.1) is 13.8 Å². The topological polar surface area (TPSA) is 68.0 Å². The highest BCUT2D eigenvalue weighted by atomic mass is 16.1. The summed E-state index contributed by atoms with van der Waals surface area (Å²) in [5.41, 5.74) is 9.24. The summed E-state index contributed by atoms with van der Waals surface area (Å²) in [7, 11) is 0. The molecule has 0 aliphatic rings. The van der Waals surface area contributed by atoms with Gasteiger partial charge in [-0.25, -0.2) is 0 Å². The normalized spacial score (nSPS) is 10.1. The molecule has 1 amide bonds. The van der Waals surface area contributed by atoms with Crippen molar-refractivity contribution in [2.45, 2.75) is 13.8 Å². The van der Waals surface area contributed by atoms with E-state index in [1.165, 1.54) is 0 Å². The van der Waals surface area contributed by atoms with E-state index in [0.29, 0.717) is 16.9 Å². The van der Waals surface area contributed by atoms with Crippen LogP contribution in [0.2, 0.25) is 0 Å². The number of nitrogens with two attached hydrogens (primary N) is 1. The van der Waals surface area contributed by atoms with Crippen molar-refractivity contribution < 1.29 is 4.79 Å². The van der Waals surface area contributed by atoms with Crippen LogP contribution in [0.4, 0.5) is 11.4 Å². The van der Waals surface area contributed by atoms with Gasteiger partial charge in [-0.15, -0.1) is 0 Å². The average Bonchev–Trinajstić information content (AvgIpc) is 2.35. The van der Waals surface area contributed by atoms with Gasteiger partial charge in [0.1, 0.15) is 0 Å². The molecule has 3 N–H and O–H groups in total. The summed E-state index contributed by atoms with van der Waals surface area (Å²) < 4.78 is 0. The van der Waals surface area contributed by atoms with Crippen LogP contribution in [-0.4, -0.2) is 10.9 Å². The number of hydrogen-bond donors (Lipinski definition) is 2. The number of aromatic nitrogens is 1. The van der Waals surface area contributed by atoms with Gasteiger partial charge in [-0.1, -0.05) is 6.07 Å². The Hall–Kier alpha value is -2.36. The lowest BCUT2D eigenvalue weighted by Gasteiger charge is -2.09. The molecule has 2 rings (SSSR count). The fourth-order valence-corrected chi connectivity index (χ4v) is 1.69. The maximum absolute atomic E-state index is 12.1. The minimum Gasteiger partial charge on any atom is -0.399 e. The Kier molecular flexibility index (Phi) is 3.28. The molecule has 0 fully saturated rings. The van der Waals surface area contributed by atoms with E-state index in [1.807, 2.05) is 26.0 Å². The Morgan fingerprint density at radius 3 is 2.78 bits per heavy atom. The van der Waals surface area contributed by atoms with Crippen molar-refractivity contribution in [2.75, 3.05) is 11.1 Å². The molecule has 1 aromatic heterocycles. The fourth-order valence-electron chi connectivity index (χ4n) is 1.69. The summed E-state index contributed by atoms with van der Waals surface area (Å²) >= 11 is 0. The van der Waals surface area contributed by atoms with Crippen molar-refractivity contribution >= 4 is 17.3 Å². The predicted octanol–water partition coefficient (Wildman–Crippen LogP) is 2.53. The van der Waals surface area contributed by atoms with Crippen LogP contribution in [0.1, 0.15) is 21.6 Å². The van der Waals surface area contributed by atoms with E-state index in [-0.39, 0.29) is 5.91 Å². The number of amides is 1. The van der Waals surface area contributed by atoms with Crippen LogP contribution in [0.15, 0.2) is 36.5 Å². The maximum atomic E-state index is 12.1. The first-order valence-electron chi connectivity index (χ1n) is 5.67. The molecular weight excluding hydrogens is 226 g/mol. The molecule has 2 aromatic rings. The van der Waals surface area contributed by atoms with Crippen molar-refractivity contribution in [2.24, 2.45) is 0 Å². The summed E-state index contributed by atoms with van der Waals surface area (Å²) in [6.07, 6.45) is 1.69. The third-order valence-electron chi connectivity index (χ3n) is 2.76. The number of benzene rings is 1. The molecule has 0 aliphatic heterocycles. The lowest BCUT2D eigenvalue weighted by Crippen LogP contribution is -2.14. The van der Waals surface area contributed by atoms with Gasteiger partial charge in [0.15, 0.2) is 0 Å². The first-order chi connectivity index (χ1) is 8.58. The Balaban J connectivity index is 2.28. The quantitative estimate of drug-likeness (QED) is 0.794. The third-order valence-corrected chi connectivity index (χ3v) is 2.76. The monoisotopic (exact) mass is 241 g/mol. The van der Waals surface area contributed by atoms with Crippen LogP contribution in [0.5, 0.6) is 0 Å². The predicted molar refractivity (Wildman–Crippen MR) is 72.5 cm³/mol. The second kappa shape index (κ2) is 4.87. The zero-order valence-corrected chi connectivity index (χ0v) is 10.4. The Labute approximate surface area is 106 Å². The largest absolute Gasteiger partial charge is 0.399 e. The van der Waals surface area contributed by atoms with Gasteiger partial charge in [-0.3, -0.25) is 9.78 Å². The van der Waals surface area contributed by atoms with Gasteiger partial charge in [0.05, 0.1) is 11.4 Å². The standard InChI is InChI=1S/C14H15N3O/c1-9-5-6-11(15)8-12(9)14(18)17-13-4-3-7-16-10(13)2/h3-8H,15H2,1-2H3,(H,17,18). The molecule has 0 saturated heterocycles. The zero-order chi connectivity index (χ0) is 13.1. The molecule has 0 atom stereocenters. The number of nitrogens with one attached hydrogen (secondary N) is 1. The van der Waals surface area contributed by atoms with Gasteiger partial charge in [-0.2, -0.15) is 0 Å². The fraction of sp³-hybridized carbons (Fsp3) is 0.143. The summed E-state index contributed by atoms with van der Waals surface area (Å²) in [5.74, 6) is -0.170. The molecule has 18 heavy (non-hydrogen) atoms. The number of nitrogen functional groups attached to an aromatic ring is 1. The summed E-state index contributed by atoms with van der Waals surface area (Å²) in [5, 5.41) is 2.84. The Morgan fingerprint density at radius 1 is 1.28 bits per heavy atom. The lowest BCUT2D eigenvalue weighted by atomic mass is 10.1. The zero-order valence-electron chi connectivity index (χ0n) is 10.4. The highest BCUT2D eigenvalue weighted by molar-refractivity contribution is 6.06. The molecule has 1 aromatic carbocycles. The van der Waals surface area contributed by atoms with Crippen molar-refractivity contribution in [3.63, 3.8) is 0 Å². The van der Waals surface area contributed by atoms with Crippen molar-refractivity contribution in [1.29, 1.82) is 0 Å². The number of nitrogens with zero attached hydrogens (tertiary/aromatic N) is 1. The minimum absolute atomic E-state index is 0.170.